The maximum absolute atomic E-state index is 14.3. The molecule has 27 heavy (non-hydrogen) atoms. The van der Waals surface area contributed by atoms with Gasteiger partial charge < -0.3 is 9.64 Å². The van der Waals surface area contributed by atoms with Crippen molar-refractivity contribution >= 4 is 34.7 Å². The van der Waals surface area contributed by atoms with E-state index in [0.717, 1.165) is 4.90 Å². The van der Waals surface area contributed by atoms with Crippen LogP contribution in [0.15, 0.2) is 54.2 Å². The Morgan fingerprint density at radius 3 is 2.26 bits per heavy atom. The average molecular weight is 387 g/mol. The number of benzene rings is 2. The minimum Gasteiger partial charge on any atom is -0.378 e. The van der Waals surface area contributed by atoms with Crippen molar-refractivity contribution < 1.29 is 18.7 Å². The molecule has 2 heterocycles. The predicted octanol–water partition coefficient (Wildman–Crippen LogP) is 3.10. The molecule has 0 N–H and O–H groups in total. The van der Waals surface area contributed by atoms with E-state index in [9.17, 15) is 14.0 Å². The summed E-state index contributed by atoms with van der Waals surface area (Å²) in [4.78, 5) is 29.1. The van der Waals surface area contributed by atoms with Crippen LogP contribution in [-0.2, 0) is 14.3 Å². The van der Waals surface area contributed by atoms with Gasteiger partial charge in [0, 0.05) is 18.1 Å². The Balaban J connectivity index is 1.84. The first-order valence-electron chi connectivity index (χ1n) is 8.54. The zero-order valence-corrected chi connectivity index (χ0v) is 15.1. The lowest BCUT2D eigenvalue weighted by atomic mass is 10.0. The molecule has 1 saturated heterocycles. The van der Waals surface area contributed by atoms with Gasteiger partial charge >= 0.3 is 0 Å². The summed E-state index contributed by atoms with van der Waals surface area (Å²) in [5.74, 6) is -1.70. The van der Waals surface area contributed by atoms with Gasteiger partial charge in [-0.15, -0.1) is 0 Å². The van der Waals surface area contributed by atoms with Crippen molar-refractivity contribution in [3.8, 4) is 0 Å². The number of hydrogen-bond acceptors (Lipinski definition) is 4. The number of rotatable bonds is 3. The van der Waals surface area contributed by atoms with Gasteiger partial charge in [0.1, 0.15) is 11.5 Å². The zero-order chi connectivity index (χ0) is 19.0. The number of anilines is 1. The van der Waals surface area contributed by atoms with Gasteiger partial charge in [0.15, 0.2) is 0 Å². The van der Waals surface area contributed by atoms with Crippen LogP contribution in [0.4, 0.5) is 10.1 Å². The summed E-state index contributed by atoms with van der Waals surface area (Å²) in [6.07, 6.45) is 0. The summed E-state index contributed by atoms with van der Waals surface area (Å²) in [6, 6.07) is 12.4. The summed E-state index contributed by atoms with van der Waals surface area (Å²) >= 11 is 5.96. The fourth-order valence-electron chi connectivity index (χ4n) is 3.33. The molecule has 2 aromatic carbocycles. The van der Waals surface area contributed by atoms with Crippen molar-refractivity contribution in [3.63, 3.8) is 0 Å². The number of carbonyl (C=O) groups excluding carboxylic acids is 2. The van der Waals surface area contributed by atoms with E-state index in [1.165, 1.54) is 18.2 Å². The largest absolute Gasteiger partial charge is 0.378 e. The van der Waals surface area contributed by atoms with Gasteiger partial charge in [0.2, 0.25) is 0 Å². The van der Waals surface area contributed by atoms with Crippen molar-refractivity contribution in [2.24, 2.45) is 0 Å². The van der Waals surface area contributed by atoms with Gasteiger partial charge in [-0.1, -0.05) is 35.9 Å². The molecule has 0 spiro atoms. The normalized spacial score (nSPS) is 17.9. The van der Waals surface area contributed by atoms with E-state index in [2.05, 4.69) is 0 Å². The number of carbonyl (C=O) groups is 2. The van der Waals surface area contributed by atoms with E-state index in [1.54, 1.807) is 30.3 Å². The molecule has 2 amide bonds. The molecule has 0 aliphatic carbocycles. The van der Waals surface area contributed by atoms with E-state index in [1.807, 2.05) is 4.90 Å². The highest BCUT2D eigenvalue weighted by atomic mass is 35.5. The second-order valence-corrected chi connectivity index (χ2v) is 6.66. The topological polar surface area (TPSA) is 49.9 Å². The van der Waals surface area contributed by atoms with Gasteiger partial charge in [-0.3, -0.25) is 9.59 Å². The number of ether oxygens (including phenoxy) is 1. The summed E-state index contributed by atoms with van der Waals surface area (Å²) in [6.45, 7) is 1.88. The lowest BCUT2D eigenvalue weighted by Gasteiger charge is -2.29. The molecule has 4 rings (SSSR count). The molecular formula is C20H16ClFN2O3. The summed E-state index contributed by atoms with van der Waals surface area (Å²) in [7, 11) is 0. The van der Waals surface area contributed by atoms with Crippen LogP contribution >= 0.6 is 11.6 Å². The monoisotopic (exact) mass is 386 g/mol. The lowest BCUT2D eigenvalue weighted by molar-refractivity contribution is -0.121. The highest BCUT2D eigenvalue weighted by Gasteiger charge is 2.43. The molecule has 2 aliphatic rings. The van der Waals surface area contributed by atoms with Crippen LogP contribution in [0.3, 0.4) is 0 Å². The lowest BCUT2D eigenvalue weighted by Crippen LogP contribution is -2.40. The number of morpholine rings is 1. The number of hydrogen-bond donors (Lipinski definition) is 0. The third-order valence-electron chi connectivity index (χ3n) is 4.61. The van der Waals surface area contributed by atoms with Crippen LogP contribution in [0.1, 0.15) is 5.56 Å². The molecule has 7 heteroatoms. The Kier molecular flexibility index (Phi) is 4.68. The average Bonchev–Trinajstić information content (AvgIpc) is 2.94. The second kappa shape index (κ2) is 7.13. The van der Waals surface area contributed by atoms with E-state index in [-0.39, 0.29) is 17.0 Å². The van der Waals surface area contributed by atoms with E-state index < -0.39 is 17.6 Å². The Morgan fingerprint density at radius 2 is 1.59 bits per heavy atom. The van der Waals surface area contributed by atoms with Gasteiger partial charge in [0.25, 0.3) is 11.8 Å². The molecular weight excluding hydrogens is 371 g/mol. The molecule has 5 nitrogen and oxygen atoms in total. The van der Waals surface area contributed by atoms with Crippen LogP contribution in [0.2, 0.25) is 5.02 Å². The van der Waals surface area contributed by atoms with Gasteiger partial charge in [-0.05, 0) is 29.8 Å². The number of imide groups is 1. The van der Waals surface area contributed by atoms with Gasteiger partial charge in [-0.25, -0.2) is 9.29 Å². The van der Waals surface area contributed by atoms with E-state index >= 15 is 0 Å². The molecule has 1 fully saturated rings. The highest BCUT2D eigenvalue weighted by molar-refractivity contribution is 6.45. The maximum atomic E-state index is 14.3. The minimum absolute atomic E-state index is 0.0535. The molecule has 0 aromatic heterocycles. The third kappa shape index (κ3) is 3.11. The highest BCUT2D eigenvalue weighted by Crippen LogP contribution is 2.36. The fraction of sp³-hybridized carbons (Fsp3) is 0.200. The molecule has 2 aromatic rings. The Morgan fingerprint density at radius 1 is 0.926 bits per heavy atom. The molecule has 0 unspecified atom stereocenters. The first kappa shape index (κ1) is 17.7. The van der Waals surface area contributed by atoms with Crippen molar-refractivity contribution in [2.45, 2.75) is 0 Å². The smallest absolute Gasteiger partial charge is 0.282 e. The number of halogens is 2. The van der Waals surface area contributed by atoms with E-state index in [0.29, 0.717) is 36.9 Å². The molecule has 0 bridgehead atoms. The quantitative estimate of drug-likeness (QED) is 0.761. The predicted molar refractivity (Wildman–Crippen MR) is 99.7 cm³/mol. The van der Waals surface area contributed by atoms with Crippen molar-refractivity contribution in [2.75, 3.05) is 31.2 Å². The number of para-hydroxylation sites is 1. The SMILES string of the molecule is O=C1C(c2ccc(Cl)cc2)=C(N2CCOCC2)C(=O)N1c1ccccc1F. The van der Waals surface area contributed by atoms with Crippen molar-refractivity contribution in [1.82, 2.24) is 4.90 Å². The van der Waals surface area contributed by atoms with Crippen LogP contribution in [0, 0.1) is 5.82 Å². The van der Waals surface area contributed by atoms with Crippen LogP contribution < -0.4 is 4.90 Å². The molecule has 2 aliphatic heterocycles. The van der Waals surface area contributed by atoms with Crippen LogP contribution in [0.25, 0.3) is 5.57 Å². The molecule has 0 atom stereocenters. The first-order valence-corrected chi connectivity index (χ1v) is 8.92. The van der Waals surface area contributed by atoms with Crippen LogP contribution in [0.5, 0.6) is 0 Å². The summed E-state index contributed by atoms with van der Waals surface area (Å²) in [5, 5.41) is 0.523. The second-order valence-electron chi connectivity index (χ2n) is 6.23. The van der Waals surface area contributed by atoms with Crippen LogP contribution in [-0.4, -0.2) is 43.0 Å². The molecule has 0 radical (unpaired) electrons. The first-order chi connectivity index (χ1) is 13.1. The third-order valence-corrected chi connectivity index (χ3v) is 4.86. The molecule has 138 valence electrons. The molecule has 0 saturated carbocycles. The van der Waals surface area contributed by atoms with Gasteiger partial charge in [0.05, 0.1) is 24.5 Å². The number of nitrogens with zero attached hydrogens (tertiary/aromatic N) is 2. The minimum atomic E-state index is -0.627. The Bertz CT molecular complexity index is 936. The van der Waals surface area contributed by atoms with Crippen molar-refractivity contribution in [1.29, 1.82) is 0 Å². The standard InChI is InChI=1S/C20H16ClFN2O3/c21-14-7-5-13(6-8-14)17-18(23-9-11-27-12-10-23)20(26)24(19(17)25)16-4-2-1-3-15(16)22/h1-8H,9-12H2. The maximum Gasteiger partial charge on any atom is 0.282 e. The van der Waals surface area contributed by atoms with Gasteiger partial charge in [-0.2, -0.15) is 0 Å². The fourth-order valence-corrected chi connectivity index (χ4v) is 3.45. The summed E-state index contributed by atoms with van der Waals surface area (Å²) < 4.78 is 19.7. The zero-order valence-electron chi connectivity index (χ0n) is 14.3. The number of amides is 2. The Labute approximate surface area is 160 Å². The summed E-state index contributed by atoms with van der Waals surface area (Å²) in [5.41, 5.74) is 1.04. The van der Waals surface area contributed by atoms with E-state index in [4.69, 9.17) is 16.3 Å². The Hall–Kier alpha value is -2.70. The van der Waals surface area contributed by atoms with Crippen molar-refractivity contribution in [3.05, 3.63) is 70.6 Å².